The van der Waals surface area contributed by atoms with Gasteiger partial charge in [-0.2, -0.15) is 10.2 Å². The van der Waals surface area contributed by atoms with E-state index in [4.69, 9.17) is 0 Å². The Labute approximate surface area is 151 Å². The number of aromatic nitrogens is 1. The third-order valence-electron chi connectivity index (χ3n) is 3.51. The van der Waals surface area contributed by atoms with Gasteiger partial charge in [0.2, 0.25) is 0 Å². The maximum atomic E-state index is 12.3. The van der Waals surface area contributed by atoms with Crippen molar-refractivity contribution >= 4 is 27.2 Å². The van der Waals surface area contributed by atoms with Crippen molar-refractivity contribution in [1.29, 1.82) is 0 Å². The lowest BCUT2D eigenvalue weighted by atomic mass is 10.2. The second-order valence-electron chi connectivity index (χ2n) is 5.49. The molecule has 0 saturated heterocycles. The van der Waals surface area contributed by atoms with E-state index in [-0.39, 0.29) is 16.5 Å². The molecule has 0 fully saturated rings. The van der Waals surface area contributed by atoms with Gasteiger partial charge in [0.25, 0.3) is 10.0 Å². The Morgan fingerprint density at radius 3 is 2.31 bits per heavy atom. The van der Waals surface area contributed by atoms with Crippen LogP contribution < -0.4 is 4.72 Å². The molecule has 3 rings (SSSR count). The fraction of sp³-hybridized carbons (Fsp3) is 0.0556. The van der Waals surface area contributed by atoms with Crippen molar-refractivity contribution in [3.8, 4) is 5.75 Å². The maximum Gasteiger partial charge on any atom is 0.263 e. The SMILES string of the molecule is Cc1cc(/N=N/c2ccc(S(=O)(=O)Nc3ccccn3)cc2)ccc1O. The Balaban J connectivity index is 1.75. The number of phenolic OH excluding ortho intramolecular Hbond substituents is 1. The normalized spacial score (nSPS) is 11.6. The average Bonchev–Trinajstić information content (AvgIpc) is 2.63. The van der Waals surface area contributed by atoms with Gasteiger partial charge in [-0.25, -0.2) is 13.4 Å². The first-order valence-corrected chi connectivity index (χ1v) is 9.18. The summed E-state index contributed by atoms with van der Waals surface area (Å²) in [4.78, 5) is 4.04. The van der Waals surface area contributed by atoms with E-state index in [1.54, 1.807) is 55.5 Å². The van der Waals surface area contributed by atoms with E-state index in [9.17, 15) is 13.5 Å². The number of benzene rings is 2. The van der Waals surface area contributed by atoms with Gasteiger partial charge >= 0.3 is 0 Å². The summed E-state index contributed by atoms with van der Waals surface area (Å²) in [7, 11) is -3.72. The van der Waals surface area contributed by atoms with Gasteiger partial charge in [0.05, 0.1) is 16.3 Å². The van der Waals surface area contributed by atoms with Crippen molar-refractivity contribution in [2.24, 2.45) is 10.2 Å². The lowest BCUT2D eigenvalue weighted by Crippen LogP contribution is -2.13. The number of nitrogens with zero attached hydrogens (tertiary/aromatic N) is 3. The van der Waals surface area contributed by atoms with Crippen LogP contribution in [0.5, 0.6) is 5.75 Å². The molecule has 0 spiro atoms. The molecule has 0 unspecified atom stereocenters. The molecule has 1 heterocycles. The second kappa shape index (κ2) is 7.32. The molecule has 26 heavy (non-hydrogen) atoms. The molecule has 0 amide bonds. The third-order valence-corrected chi connectivity index (χ3v) is 4.88. The molecule has 1 aromatic heterocycles. The summed E-state index contributed by atoms with van der Waals surface area (Å²) in [6, 6.07) is 15.9. The molecule has 0 saturated carbocycles. The number of azo groups is 1. The Bertz CT molecular complexity index is 1030. The molecule has 0 atom stereocenters. The molecule has 8 heteroatoms. The molecule has 0 aliphatic carbocycles. The summed E-state index contributed by atoms with van der Waals surface area (Å²) < 4.78 is 27.1. The molecule has 3 aromatic rings. The van der Waals surface area contributed by atoms with Crippen molar-refractivity contribution in [3.05, 3.63) is 72.4 Å². The number of anilines is 1. The predicted octanol–water partition coefficient (Wildman–Crippen LogP) is 4.31. The highest BCUT2D eigenvalue weighted by atomic mass is 32.2. The average molecular weight is 368 g/mol. The summed E-state index contributed by atoms with van der Waals surface area (Å²) in [6.45, 7) is 1.77. The lowest BCUT2D eigenvalue weighted by molar-refractivity contribution is 0.471. The van der Waals surface area contributed by atoms with Crippen molar-refractivity contribution in [2.75, 3.05) is 4.72 Å². The van der Waals surface area contributed by atoms with Crippen molar-refractivity contribution in [1.82, 2.24) is 4.98 Å². The molecule has 7 nitrogen and oxygen atoms in total. The van der Waals surface area contributed by atoms with Crippen LogP contribution >= 0.6 is 0 Å². The van der Waals surface area contributed by atoms with E-state index in [0.717, 1.165) is 0 Å². The van der Waals surface area contributed by atoms with Crippen LogP contribution in [0, 0.1) is 6.92 Å². The molecule has 0 bridgehead atoms. The van der Waals surface area contributed by atoms with Crippen LogP contribution in [0.2, 0.25) is 0 Å². The number of aryl methyl sites for hydroxylation is 1. The van der Waals surface area contributed by atoms with Crippen LogP contribution in [0.15, 0.2) is 82.0 Å². The van der Waals surface area contributed by atoms with Crippen LogP contribution in [0.3, 0.4) is 0 Å². The molecule has 0 radical (unpaired) electrons. The first-order valence-electron chi connectivity index (χ1n) is 7.69. The fourth-order valence-corrected chi connectivity index (χ4v) is 3.14. The zero-order chi connectivity index (χ0) is 18.6. The zero-order valence-electron chi connectivity index (χ0n) is 13.9. The topological polar surface area (TPSA) is 104 Å². The highest BCUT2D eigenvalue weighted by molar-refractivity contribution is 7.92. The number of rotatable bonds is 5. The monoisotopic (exact) mass is 368 g/mol. The van der Waals surface area contributed by atoms with Gasteiger partial charge in [-0.3, -0.25) is 4.72 Å². The fourth-order valence-electron chi connectivity index (χ4n) is 2.13. The largest absolute Gasteiger partial charge is 0.508 e. The van der Waals surface area contributed by atoms with E-state index in [2.05, 4.69) is 19.9 Å². The zero-order valence-corrected chi connectivity index (χ0v) is 14.7. The number of hydrogen-bond acceptors (Lipinski definition) is 6. The Morgan fingerprint density at radius 2 is 1.65 bits per heavy atom. The molecule has 2 N–H and O–H groups in total. The van der Waals surface area contributed by atoms with Crippen molar-refractivity contribution < 1.29 is 13.5 Å². The summed E-state index contributed by atoms with van der Waals surface area (Å²) in [5, 5.41) is 17.6. The molecular formula is C18H16N4O3S. The minimum absolute atomic E-state index is 0.0996. The van der Waals surface area contributed by atoms with Crippen LogP contribution in [0.25, 0.3) is 0 Å². The Hall–Kier alpha value is -3.26. The lowest BCUT2D eigenvalue weighted by Gasteiger charge is -2.06. The van der Waals surface area contributed by atoms with E-state index in [1.807, 2.05) is 0 Å². The number of hydrogen-bond donors (Lipinski definition) is 2. The number of nitrogens with one attached hydrogen (secondary N) is 1. The van der Waals surface area contributed by atoms with Gasteiger partial charge < -0.3 is 5.11 Å². The van der Waals surface area contributed by atoms with E-state index >= 15 is 0 Å². The number of aromatic hydroxyl groups is 1. The maximum absolute atomic E-state index is 12.3. The Morgan fingerprint density at radius 1 is 0.962 bits per heavy atom. The number of pyridine rings is 1. The minimum Gasteiger partial charge on any atom is -0.508 e. The summed E-state index contributed by atoms with van der Waals surface area (Å²) in [5.41, 5.74) is 1.80. The quantitative estimate of drug-likeness (QED) is 0.655. The van der Waals surface area contributed by atoms with Gasteiger partial charge in [-0.1, -0.05) is 6.07 Å². The number of sulfonamides is 1. The van der Waals surface area contributed by atoms with Crippen molar-refractivity contribution in [2.45, 2.75) is 11.8 Å². The highest BCUT2D eigenvalue weighted by Crippen LogP contribution is 2.25. The summed E-state index contributed by atoms with van der Waals surface area (Å²) in [5.74, 6) is 0.442. The molecule has 132 valence electrons. The Kier molecular flexibility index (Phi) is 4.94. The molecule has 2 aromatic carbocycles. The standard InChI is InChI=1S/C18H16N4O3S/c1-13-12-15(7-10-17(13)23)21-20-14-5-8-16(9-6-14)26(24,25)22-18-4-2-3-11-19-18/h2-12,23H,1H3,(H,19,22)/b21-20+. The van der Waals surface area contributed by atoms with Gasteiger partial charge in [0, 0.05) is 6.20 Å². The van der Waals surface area contributed by atoms with Gasteiger partial charge in [0.15, 0.2) is 0 Å². The highest BCUT2D eigenvalue weighted by Gasteiger charge is 2.14. The van der Waals surface area contributed by atoms with Crippen LogP contribution in [0.4, 0.5) is 17.2 Å². The summed E-state index contributed by atoms with van der Waals surface area (Å²) in [6.07, 6.45) is 1.51. The van der Waals surface area contributed by atoms with Crippen LogP contribution in [-0.4, -0.2) is 18.5 Å². The van der Waals surface area contributed by atoms with Gasteiger partial charge in [-0.05, 0) is 67.1 Å². The smallest absolute Gasteiger partial charge is 0.263 e. The van der Waals surface area contributed by atoms with Gasteiger partial charge in [-0.15, -0.1) is 0 Å². The first kappa shape index (κ1) is 17.6. The first-order chi connectivity index (χ1) is 12.4. The second-order valence-corrected chi connectivity index (χ2v) is 7.17. The number of phenols is 1. The summed E-state index contributed by atoms with van der Waals surface area (Å²) >= 11 is 0. The van der Waals surface area contributed by atoms with Gasteiger partial charge in [0.1, 0.15) is 11.6 Å². The van der Waals surface area contributed by atoms with E-state index < -0.39 is 10.0 Å². The van der Waals surface area contributed by atoms with Crippen LogP contribution in [-0.2, 0) is 10.0 Å². The minimum atomic E-state index is -3.72. The van der Waals surface area contributed by atoms with Crippen LogP contribution in [0.1, 0.15) is 5.56 Å². The third kappa shape index (κ3) is 4.22. The molecule has 0 aliphatic heterocycles. The van der Waals surface area contributed by atoms with E-state index in [0.29, 0.717) is 16.9 Å². The molecular weight excluding hydrogens is 352 g/mol. The molecule has 0 aliphatic rings. The van der Waals surface area contributed by atoms with Crippen molar-refractivity contribution in [3.63, 3.8) is 0 Å². The van der Waals surface area contributed by atoms with E-state index in [1.165, 1.54) is 18.3 Å². The predicted molar refractivity (Wildman–Crippen MR) is 98.5 cm³/mol.